The molecule has 0 spiro atoms. The van der Waals surface area contributed by atoms with Crippen LogP contribution in [0.3, 0.4) is 0 Å². The molecule has 1 heterocycles. The van der Waals surface area contributed by atoms with Gasteiger partial charge in [-0.1, -0.05) is 18.2 Å². The van der Waals surface area contributed by atoms with E-state index in [-0.39, 0.29) is 11.9 Å². The third-order valence-electron chi connectivity index (χ3n) is 3.41. The Bertz CT molecular complexity index is 573. The van der Waals surface area contributed by atoms with Crippen LogP contribution in [0.2, 0.25) is 0 Å². The Morgan fingerprint density at radius 2 is 2.28 bits per heavy atom. The predicted octanol–water partition coefficient (Wildman–Crippen LogP) is 1.03. The van der Waals surface area contributed by atoms with Gasteiger partial charge in [-0.2, -0.15) is 5.10 Å². The highest BCUT2D eigenvalue weighted by Gasteiger charge is 2.28. The Hall–Kier alpha value is -1.88. The number of fused-ring (bicyclic) bond motifs is 1. The Balaban J connectivity index is 1.71. The van der Waals surface area contributed by atoms with Crippen molar-refractivity contribution in [3.8, 4) is 0 Å². The smallest absolute Gasteiger partial charge is 0.272 e. The van der Waals surface area contributed by atoms with Crippen LogP contribution < -0.4 is 11.1 Å². The van der Waals surface area contributed by atoms with E-state index in [2.05, 4.69) is 15.5 Å². The summed E-state index contributed by atoms with van der Waals surface area (Å²) in [5, 5.41) is 10.6. The quantitative estimate of drug-likeness (QED) is 0.751. The second-order valence-electron chi connectivity index (χ2n) is 4.83. The Morgan fingerprint density at radius 1 is 1.50 bits per heavy atom. The summed E-state index contributed by atoms with van der Waals surface area (Å²) < 4.78 is 0. The third-order valence-corrected chi connectivity index (χ3v) is 3.41. The van der Waals surface area contributed by atoms with Crippen LogP contribution in [0.15, 0.2) is 24.3 Å². The van der Waals surface area contributed by atoms with Crippen LogP contribution in [0.5, 0.6) is 0 Å². The molecule has 0 radical (unpaired) electrons. The molecule has 1 unspecified atom stereocenters. The van der Waals surface area contributed by atoms with E-state index in [0.717, 1.165) is 10.9 Å². The fourth-order valence-corrected chi connectivity index (χ4v) is 2.12. The molecule has 0 saturated heterocycles. The highest BCUT2D eigenvalue weighted by atomic mass is 16.1. The van der Waals surface area contributed by atoms with Crippen LogP contribution in [0.4, 0.5) is 0 Å². The van der Waals surface area contributed by atoms with Gasteiger partial charge in [0.1, 0.15) is 0 Å². The molecule has 18 heavy (non-hydrogen) atoms. The van der Waals surface area contributed by atoms with Gasteiger partial charge in [-0.3, -0.25) is 9.89 Å². The lowest BCUT2D eigenvalue weighted by atomic mass is 10.2. The highest BCUT2D eigenvalue weighted by molar-refractivity contribution is 6.04. The lowest BCUT2D eigenvalue weighted by Crippen LogP contribution is -2.38. The molecule has 1 fully saturated rings. The maximum Gasteiger partial charge on any atom is 0.272 e. The summed E-state index contributed by atoms with van der Waals surface area (Å²) in [5.74, 6) is 0.421. The summed E-state index contributed by atoms with van der Waals surface area (Å²) in [6.45, 7) is 0.519. The van der Waals surface area contributed by atoms with Gasteiger partial charge in [-0.05, 0) is 24.8 Å². The lowest BCUT2D eigenvalue weighted by Gasteiger charge is -2.10. The summed E-state index contributed by atoms with van der Waals surface area (Å²) in [6.07, 6.45) is 2.37. The summed E-state index contributed by atoms with van der Waals surface area (Å²) in [6, 6.07) is 7.65. The van der Waals surface area contributed by atoms with E-state index >= 15 is 0 Å². The molecule has 5 heteroatoms. The first kappa shape index (κ1) is 11.2. The Kier molecular flexibility index (Phi) is 2.76. The number of para-hydroxylation sites is 1. The van der Waals surface area contributed by atoms with Gasteiger partial charge in [-0.15, -0.1) is 0 Å². The standard InChI is InChI=1S/C13H16N4O/c14-10(8-5-6-8)7-15-13(18)12-9-3-1-2-4-11(9)16-17-12/h1-4,8,10H,5-7,14H2,(H,15,18)(H,16,17). The number of hydrogen-bond acceptors (Lipinski definition) is 3. The first-order valence-electron chi connectivity index (χ1n) is 6.22. The van der Waals surface area contributed by atoms with Gasteiger partial charge in [0.15, 0.2) is 5.69 Å². The van der Waals surface area contributed by atoms with Crippen LogP contribution in [-0.2, 0) is 0 Å². The zero-order valence-corrected chi connectivity index (χ0v) is 10.0. The van der Waals surface area contributed by atoms with E-state index in [9.17, 15) is 4.79 Å². The Morgan fingerprint density at radius 3 is 3.06 bits per heavy atom. The summed E-state index contributed by atoms with van der Waals surface area (Å²) in [7, 11) is 0. The number of nitrogens with two attached hydrogens (primary N) is 1. The molecule has 2 aromatic rings. The molecule has 3 rings (SSSR count). The van der Waals surface area contributed by atoms with Gasteiger partial charge in [0.05, 0.1) is 5.52 Å². The number of benzene rings is 1. The van der Waals surface area contributed by atoms with E-state index in [1.807, 2.05) is 24.3 Å². The molecule has 1 saturated carbocycles. The molecule has 4 N–H and O–H groups in total. The molecule has 1 atom stereocenters. The average molecular weight is 244 g/mol. The van der Waals surface area contributed by atoms with E-state index < -0.39 is 0 Å². The van der Waals surface area contributed by atoms with Crippen molar-refractivity contribution >= 4 is 16.8 Å². The number of H-pyrrole nitrogens is 1. The van der Waals surface area contributed by atoms with Crippen molar-refractivity contribution in [2.75, 3.05) is 6.54 Å². The minimum Gasteiger partial charge on any atom is -0.349 e. The second kappa shape index (κ2) is 4.42. The van der Waals surface area contributed by atoms with E-state index in [1.54, 1.807) is 0 Å². The third kappa shape index (κ3) is 2.09. The number of nitrogens with one attached hydrogen (secondary N) is 2. The van der Waals surface area contributed by atoms with Crippen molar-refractivity contribution < 1.29 is 4.79 Å². The topological polar surface area (TPSA) is 83.8 Å². The molecule has 0 bridgehead atoms. The van der Waals surface area contributed by atoms with Crippen LogP contribution in [0.25, 0.3) is 10.9 Å². The van der Waals surface area contributed by atoms with Gasteiger partial charge in [0, 0.05) is 18.0 Å². The molecule has 1 aromatic heterocycles. The SMILES string of the molecule is NC(CNC(=O)c1n[nH]c2ccccc12)C1CC1. The molecule has 0 aliphatic heterocycles. The van der Waals surface area contributed by atoms with Crippen molar-refractivity contribution in [2.24, 2.45) is 11.7 Å². The minimum atomic E-state index is -0.163. The molecular weight excluding hydrogens is 228 g/mol. The fourth-order valence-electron chi connectivity index (χ4n) is 2.12. The van der Waals surface area contributed by atoms with Gasteiger partial charge < -0.3 is 11.1 Å². The van der Waals surface area contributed by atoms with E-state index in [4.69, 9.17) is 5.73 Å². The predicted molar refractivity (Wildman–Crippen MR) is 69.1 cm³/mol. The number of hydrogen-bond donors (Lipinski definition) is 3. The number of amides is 1. The van der Waals surface area contributed by atoms with Gasteiger partial charge in [0.25, 0.3) is 5.91 Å². The number of carbonyl (C=O) groups is 1. The average Bonchev–Trinajstić information content (AvgIpc) is 3.15. The summed E-state index contributed by atoms with van der Waals surface area (Å²) in [4.78, 5) is 12.0. The maximum absolute atomic E-state index is 12.0. The summed E-state index contributed by atoms with van der Waals surface area (Å²) >= 11 is 0. The number of aromatic nitrogens is 2. The van der Waals surface area contributed by atoms with E-state index in [0.29, 0.717) is 18.2 Å². The number of rotatable bonds is 4. The maximum atomic E-state index is 12.0. The van der Waals surface area contributed by atoms with E-state index in [1.165, 1.54) is 12.8 Å². The van der Waals surface area contributed by atoms with Gasteiger partial charge in [-0.25, -0.2) is 0 Å². The largest absolute Gasteiger partial charge is 0.349 e. The number of nitrogens with zero attached hydrogens (tertiary/aromatic N) is 1. The fraction of sp³-hybridized carbons (Fsp3) is 0.385. The number of carbonyl (C=O) groups excluding carboxylic acids is 1. The van der Waals surface area contributed by atoms with Crippen molar-refractivity contribution in [2.45, 2.75) is 18.9 Å². The van der Waals surface area contributed by atoms with Crippen molar-refractivity contribution in [1.29, 1.82) is 0 Å². The second-order valence-corrected chi connectivity index (χ2v) is 4.83. The van der Waals surface area contributed by atoms with Crippen molar-refractivity contribution in [1.82, 2.24) is 15.5 Å². The van der Waals surface area contributed by atoms with Crippen LogP contribution in [0, 0.1) is 5.92 Å². The monoisotopic (exact) mass is 244 g/mol. The van der Waals surface area contributed by atoms with Crippen molar-refractivity contribution in [3.63, 3.8) is 0 Å². The molecule has 5 nitrogen and oxygen atoms in total. The molecule has 1 amide bonds. The first-order valence-corrected chi connectivity index (χ1v) is 6.22. The van der Waals surface area contributed by atoms with Crippen LogP contribution in [0.1, 0.15) is 23.3 Å². The minimum absolute atomic E-state index is 0.0687. The highest BCUT2D eigenvalue weighted by Crippen LogP contribution is 2.31. The Labute approximate surface area is 105 Å². The molecular formula is C13H16N4O. The molecule has 1 aliphatic carbocycles. The molecule has 94 valence electrons. The molecule has 1 aliphatic rings. The lowest BCUT2D eigenvalue weighted by molar-refractivity contribution is 0.0947. The van der Waals surface area contributed by atoms with Crippen LogP contribution >= 0.6 is 0 Å². The summed E-state index contributed by atoms with van der Waals surface area (Å²) in [5.41, 5.74) is 7.26. The zero-order valence-electron chi connectivity index (χ0n) is 10.0. The van der Waals surface area contributed by atoms with Crippen LogP contribution in [-0.4, -0.2) is 28.7 Å². The van der Waals surface area contributed by atoms with Crippen molar-refractivity contribution in [3.05, 3.63) is 30.0 Å². The van der Waals surface area contributed by atoms with Gasteiger partial charge in [0.2, 0.25) is 0 Å². The van der Waals surface area contributed by atoms with Gasteiger partial charge >= 0.3 is 0 Å². The first-order chi connectivity index (χ1) is 8.75. The zero-order chi connectivity index (χ0) is 12.5. The number of aromatic amines is 1. The molecule has 1 aromatic carbocycles. The normalized spacial score (nSPS) is 16.7.